The molecule has 1 saturated heterocycles. The van der Waals surface area contributed by atoms with Gasteiger partial charge in [0.15, 0.2) is 0 Å². The number of carbonyl (C=O) groups excluding carboxylic acids is 3. The van der Waals surface area contributed by atoms with Gasteiger partial charge in [-0.05, 0) is 49.1 Å². The SMILES string of the molecule is CC(=O)N1CCN(C(=O)C[C@@H]2C[C@@H](C(C)C)[C@H](CNC(=O)c3cccnc3)C=C2C)CC1. The summed E-state index contributed by atoms with van der Waals surface area (Å²) in [5.74, 6) is 1.48. The summed E-state index contributed by atoms with van der Waals surface area (Å²) in [6.45, 7) is 11.2. The molecule has 0 saturated carbocycles. The number of amides is 3. The molecular weight excluding hydrogens is 404 g/mol. The van der Waals surface area contributed by atoms with Crippen LogP contribution in [0.2, 0.25) is 0 Å². The Hall–Kier alpha value is -2.70. The highest BCUT2D eigenvalue weighted by Gasteiger charge is 2.34. The Morgan fingerprint density at radius 3 is 2.44 bits per heavy atom. The molecular formula is C25H36N4O3. The van der Waals surface area contributed by atoms with Gasteiger partial charge in [-0.15, -0.1) is 0 Å². The van der Waals surface area contributed by atoms with Crippen LogP contribution in [0.15, 0.2) is 36.2 Å². The van der Waals surface area contributed by atoms with Crippen molar-refractivity contribution >= 4 is 17.7 Å². The van der Waals surface area contributed by atoms with E-state index in [4.69, 9.17) is 0 Å². The third-order valence-electron chi connectivity index (χ3n) is 7.00. The Bertz CT molecular complexity index is 844. The Labute approximate surface area is 191 Å². The molecule has 2 aliphatic rings. The second-order valence-corrected chi connectivity index (χ2v) is 9.46. The van der Waals surface area contributed by atoms with Crippen LogP contribution >= 0.6 is 0 Å². The maximum atomic E-state index is 13.0. The molecule has 0 unspecified atom stereocenters. The number of hydrogen-bond acceptors (Lipinski definition) is 4. The predicted octanol–water partition coefficient (Wildman–Crippen LogP) is 2.75. The number of pyridine rings is 1. The van der Waals surface area contributed by atoms with Crippen molar-refractivity contribution in [1.29, 1.82) is 0 Å². The molecule has 2 heterocycles. The molecule has 1 aromatic heterocycles. The van der Waals surface area contributed by atoms with Gasteiger partial charge in [0, 0.05) is 58.5 Å². The van der Waals surface area contributed by atoms with E-state index in [0.29, 0.717) is 56.5 Å². The lowest BCUT2D eigenvalue weighted by atomic mass is 9.69. The molecule has 7 heteroatoms. The van der Waals surface area contributed by atoms with Gasteiger partial charge in [0.25, 0.3) is 5.91 Å². The van der Waals surface area contributed by atoms with E-state index in [-0.39, 0.29) is 29.6 Å². The summed E-state index contributed by atoms with van der Waals surface area (Å²) in [5, 5.41) is 3.06. The van der Waals surface area contributed by atoms with Crippen LogP contribution in [-0.2, 0) is 9.59 Å². The van der Waals surface area contributed by atoms with Crippen LogP contribution in [0.5, 0.6) is 0 Å². The van der Waals surface area contributed by atoms with Crippen molar-refractivity contribution in [3.8, 4) is 0 Å². The summed E-state index contributed by atoms with van der Waals surface area (Å²) in [7, 11) is 0. The zero-order valence-corrected chi connectivity index (χ0v) is 19.7. The summed E-state index contributed by atoms with van der Waals surface area (Å²) in [5.41, 5.74) is 1.80. The second-order valence-electron chi connectivity index (χ2n) is 9.46. The number of piperazine rings is 1. The quantitative estimate of drug-likeness (QED) is 0.690. The fourth-order valence-corrected chi connectivity index (χ4v) is 4.93. The van der Waals surface area contributed by atoms with Gasteiger partial charge in [0.2, 0.25) is 11.8 Å². The van der Waals surface area contributed by atoms with Gasteiger partial charge in [-0.3, -0.25) is 19.4 Å². The number of nitrogens with one attached hydrogen (secondary N) is 1. The Morgan fingerprint density at radius 2 is 1.84 bits per heavy atom. The van der Waals surface area contributed by atoms with Crippen molar-refractivity contribution in [3.63, 3.8) is 0 Å². The minimum absolute atomic E-state index is 0.0737. The first-order chi connectivity index (χ1) is 15.3. The third-order valence-corrected chi connectivity index (χ3v) is 7.00. The zero-order chi connectivity index (χ0) is 23.3. The van der Waals surface area contributed by atoms with E-state index in [9.17, 15) is 14.4 Å². The molecule has 1 aromatic rings. The number of allylic oxidation sites excluding steroid dienone is 1. The summed E-state index contributed by atoms with van der Waals surface area (Å²) in [6.07, 6.45) is 6.97. The van der Waals surface area contributed by atoms with Crippen molar-refractivity contribution < 1.29 is 14.4 Å². The van der Waals surface area contributed by atoms with Crippen molar-refractivity contribution in [2.24, 2.45) is 23.7 Å². The van der Waals surface area contributed by atoms with E-state index in [0.717, 1.165) is 6.42 Å². The molecule has 1 fully saturated rings. The molecule has 3 amide bonds. The smallest absolute Gasteiger partial charge is 0.252 e. The highest BCUT2D eigenvalue weighted by atomic mass is 16.2. The average molecular weight is 441 g/mol. The Balaban J connectivity index is 1.59. The Kier molecular flexibility index (Phi) is 8.04. The van der Waals surface area contributed by atoms with E-state index in [1.807, 2.05) is 4.90 Å². The third kappa shape index (κ3) is 5.96. The lowest BCUT2D eigenvalue weighted by Crippen LogP contribution is -2.50. The minimum atomic E-state index is -0.103. The van der Waals surface area contributed by atoms with Crippen molar-refractivity contribution in [1.82, 2.24) is 20.1 Å². The van der Waals surface area contributed by atoms with E-state index < -0.39 is 0 Å². The van der Waals surface area contributed by atoms with Gasteiger partial charge >= 0.3 is 0 Å². The van der Waals surface area contributed by atoms with E-state index in [2.05, 4.69) is 37.1 Å². The molecule has 1 aliphatic carbocycles. The van der Waals surface area contributed by atoms with Gasteiger partial charge in [-0.1, -0.05) is 25.5 Å². The van der Waals surface area contributed by atoms with Crippen LogP contribution < -0.4 is 5.32 Å². The van der Waals surface area contributed by atoms with Crippen molar-refractivity contribution in [3.05, 3.63) is 41.7 Å². The number of hydrogen-bond donors (Lipinski definition) is 1. The number of carbonyl (C=O) groups is 3. The molecule has 0 aromatic carbocycles. The van der Waals surface area contributed by atoms with Gasteiger partial charge in [0.1, 0.15) is 0 Å². The predicted molar refractivity (Wildman–Crippen MR) is 124 cm³/mol. The number of nitrogens with zero attached hydrogens (tertiary/aromatic N) is 3. The first-order valence-electron chi connectivity index (χ1n) is 11.7. The monoisotopic (exact) mass is 440 g/mol. The van der Waals surface area contributed by atoms with E-state index in [1.54, 1.807) is 36.4 Å². The molecule has 0 bridgehead atoms. The lowest BCUT2D eigenvalue weighted by molar-refractivity contribution is -0.139. The molecule has 1 aliphatic heterocycles. The van der Waals surface area contributed by atoms with Crippen molar-refractivity contribution in [2.45, 2.75) is 40.5 Å². The van der Waals surface area contributed by atoms with Gasteiger partial charge < -0.3 is 15.1 Å². The Morgan fingerprint density at radius 1 is 1.16 bits per heavy atom. The molecule has 32 heavy (non-hydrogen) atoms. The number of rotatable bonds is 6. The fraction of sp³-hybridized carbons (Fsp3) is 0.600. The first-order valence-corrected chi connectivity index (χ1v) is 11.7. The summed E-state index contributed by atoms with van der Waals surface area (Å²) >= 11 is 0. The average Bonchev–Trinajstić information content (AvgIpc) is 2.79. The van der Waals surface area contributed by atoms with Gasteiger partial charge in [-0.25, -0.2) is 0 Å². The van der Waals surface area contributed by atoms with Crippen LogP contribution in [0.4, 0.5) is 0 Å². The fourth-order valence-electron chi connectivity index (χ4n) is 4.93. The highest BCUT2D eigenvalue weighted by Crippen LogP contribution is 2.39. The molecule has 0 spiro atoms. The number of aromatic nitrogens is 1. The molecule has 3 atom stereocenters. The standard InChI is InChI=1S/C25H36N4O3/c1-17(2)23-13-21(14-24(31)29-10-8-28(9-11-29)19(4)30)18(3)12-22(23)16-27-25(32)20-6-5-7-26-15-20/h5-7,12,15,17,21-23H,8-11,13-14,16H2,1-4H3,(H,27,32)/t21-,22-,23-/m0/s1. The van der Waals surface area contributed by atoms with Crippen molar-refractivity contribution in [2.75, 3.05) is 32.7 Å². The molecule has 3 rings (SSSR count). The zero-order valence-electron chi connectivity index (χ0n) is 19.7. The van der Waals surface area contributed by atoms with E-state index in [1.165, 1.54) is 5.57 Å². The largest absolute Gasteiger partial charge is 0.351 e. The van der Waals surface area contributed by atoms with Gasteiger partial charge in [-0.2, -0.15) is 0 Å². The van der Waals surface area contributed by atoms with Crippen LogP contribution in [-0.4, -0.2) is 65.2 Å². The van der Waals surface area contributed by atoms with E-state index >= 15 is 0 Å². The molecule has 0 radical (unpaired) electrons. The summed E-state index contributed by atoms with van der Waals surface area (Å²) in [4.78, 5) is 44.6. The van der Waals surface area contributed by atoms with Gasteiger partial charge in [0.05, 0.1) is 5.56 Å². The van der Waals surface area contributed by atoms with Crippen LogP contribution in [0.1, 0.15) is 50.9 Å². The molecule has 1 N–H and O–H groups in total. The first kappa shape index (κ1) is 24.0. The summed E-state index contributed by atoms with van der Waals surface area (Å²) in [6, 6.07) is 3.53. The maximum absolute atomic E-state index is 13.0. The highest BCUT2D eigenvalue weighted by molar-refractivity contribution is 5.93. The van der Waals surface area contributed by atoms with Crippen LogP contribution in [0, 0.1) is 23.7 Å². The van der Waals surface area contributed by atoms with Crippen LogP contribution in [0.3, 0.4) is 0 Å². The minimum Gasteiger partial charge on any atom is -0.351 e. The topological polar surface area (TPSA) is 82.6 Å². The lowest BCUT2D eigenvalue weighted by Gasteiger charge is -2.39. The molecule has 7 nitrogen and oxygen atoms in total. The molecule has 174 valence electrons. The maximum Gasteiger partial charge on any atom is 0.252 e. The van der Waals surface area contributed by atoms with Crippen LogP contribution in [0.25, 0.3) is 0 Å². The summed E-state index contributed by atoms with van der Waals surface area (Å²) < 4.78 is 0. The normalized spacial score (nSPS) is 23.7. The second kappa shape index (κ2) is 10.7.